The van der Waals surface area contributed by atoms with Gasteiger partial charge < -0.3 is 15.5 Å². The van der Waals surface area contributed by atoms with E-state index >= 15 is 0 Å². The number of hydrogen-bond acceptors (Lipinski definition) is 4. The molecule has 0 fully saturated rings. The van der Waals surface area contributed by atoms with Gasteiger partial charge in [0, 0.05) is 6.42 Å². The molecule has 0 unspecified atom stereocenters. The quantitative estimate of drug-likeness (QED) is 0.589. The molecule has 0 aliphatic heterocycles. The molecule has 0 aliphatic rings. The van der Waals surface area contributed by atoms with E-state index in [1.165, 1.54) is 12.5 Å². The molecule has 0 spiro atoms. The van der Waals surface area contributed by atoms with E-state index in [1.54, 1.807) is 0 Å². The monoisotopic (exact) mass is 293 g/mol. The topological polar surface area (TPSA) is 86.6 Å². The number of hydrogen-bond donors (Lipinski definition) is 3. The van der Waals surface area contributed by atoms with Crippen LogP contribution in [0.25, 0.3) is 0 Å². The number of Topliss-reactive ketones (excluding diaryl/α,β-unsaturated/α-hetero) is 1. The molecule has 1 aromatic rings. The molecule has 1 rings (SSSR count). The molecule has 21 heavy (non-hydrogen) atoms. The average Bonchev–Trinajstić information content (AvgIpc) is 2.49. The Hall–Kier alpha value is -1.72. The second kappa shape index (κ2) is 9.26. The van der Waals surface area contributed by atoms with Crippen molar-refractivity contribution in [2.45, 2.75) is 44.8 Å². The molecule has 2 atom stereocenters. The Bertz CT molecular complexity index is 445. The van der Waals surface area contributed by atoms with Crippen molar-refractivity contribution in [3.05, 3.63) is 35.9 Å². The van der Waals surface area contributed by atoms with Gasteiger partial charge in [0.05, 0.1) is 6.10 Å². The second-order valence-electron chi connectivity index (χ2n) is 5.10. The molecule has 116 valence electrons. The maximum absolute atomic E-state index is 11.7. The van der Waals surface area contributed by atoms with Crippen molar-refractivity contribution in [2.24, 2.45) is 0 Å². The van der Waals surface area contributed by atoms with Crippen LogP contribution < -0.4 is 5.32 Å². The van der Waals surface area contributed by atoms with Crippen LogP contribution in [0.4, 0.5) is 0 Å². The van der Waals surface area contributed by atoms with Crippen molar-refractivity contribution < 1.29 is 19.8 Å². The predicted molar refractivity (Wildman–Crippen MR) is 79.7 cm³/mol. The van der Waals surface area contributed by atoms with Gasteiger partial charge in [0.2, 0.25) is 5.91 Å². The van der Waals surface area contributed by atoms with Crippen molar-refractivity contribution in [1.29, 1.82) is 0 Å². The van der Waals surface area contributed by atoms with Gasteiger partial charge in [0.15, 0.2) is 5.78 Å². The van der Waals surface area contributed by atoms with Crippen LogP contribution >= 0.6 is 0 Å². The number of nitrogens with one attached hydrogen (secondary N) is 1. The van der Waals surface area contributed by atoms with Gasteiger partial charge in [-0.1, -0.05) is 30.3 Å². The van der Waals surface area contributed by atoms with Gasteiger partial charge in [-0.05, 0) is 31.7 Å². The van der Waals surface area contributed by atoms with E-state index in [0.29, 0.717) is 12.8 Å². The summed E-state index contributed by atoms with van der Waals surface area (Å²) in [7, 11) is 0. The van der Waals surface area contributed by atoms with E-state index in [-0.39, 0.29) is 5.91 Å². The van der Waals surface area contributed by atoms with E-state index in [0.717, 1.165) is 12.8 Å². The molecule has 0 bridgehead atoms. The van der Waals surface area contributed by atoms with Gasteiger partial charge in [-0.3, -0.25) is 9.59 Å². The lowest BCUT2D eigenvalue weighted by Gasteiger charge is -2.19. The number of amides is 1. The highest BCUT2D eigenvalue weighted by atomic mass is 16.3. The lowest BCUT2D eigenvalue weighted by atomic mass is 10.1. The number of aliphatic hydroxyl groups excluding tert-OH is 2. The van der Waals surface area contributed by atoms with Crippen molar-refractivity contribution in [3.63, 3.8) is 0 Å². The second-order valence-corrected chi connectivity index (χ2v) is 5.10. The van der Waals surface area contributed by atoms with Crippen LogP contribution in [0, 0.1) is 0 Å². The molecule has 0 saturated heterocycles. The summed E-state index contributed by atoms with van der Waals surface area (Å²) >= 11 is 0. The van der Waals surface area contributed by atoms with Crippen LogP contribution in [0.5, 0.6) is 0 Å². The smallest absolute Gasteiger partial charge is 0.220 e. The first kappa shape index (κ1) is 17.3. The van der Waals surface area contributed by atoms with E-state index in [9.17, 15) is 14.7 Å². The third kappa shape index (κ3) is 6.51. The van der Waals surface area contributed by atoms with Gasteiger partial charge >= 0.3 is 0 Å². The standard InChI is InChI=1S/C16H23NO4/c1-12(19)16(14(20)11-18)17-15(21)10-6-5-9-13-7-3-2-4-8-13/h2-4,7-8,12,16,18-19H,5-6,9-11H2,1H3,(H,17,21)/t12-,16+/m1/s1. The lowest BCUT2D eigenvalue weighted by Crippen LogP contribution is -2.48. The minimum absolute atomic E-state index is 0.282. The van der Waals surface area contributed by atoms with Crippen molar-refractivity contribution in [1.82, 2.24) is 5.32 Å². The van der Waals surface area contributed by atoms with Gasteiger partial charge in [0.25, 0.3) is 0 Å². The van der Waals surface area contributed by atoms with Gasteiger partial charge in [-0.2, -0.15) is 0 Å². The Labute approximate surface area is 125 Å². The zero-order valence-electron chi connectivity index (χ0n) is 12.3. The molecule has 0 aliphatic carbocycles. The Morgan fingerprint density at radius 3 is 2.43 bits per heavy atom. The highest BCUT2D eigenvalue weighted by Crippen LogP contribution is 2.06. The summed E-state index contributed by atoms with van der Waals surface area (Å²) in [4.78, 5) is 23.1. The SMILES string of the molecule is C[C@@H](O)[C@H](NC(=O)CCCCc1ccccc1)C(=O)CO. The number of rotatable bonds is 9. The Morgan fingerprint density at radius 1 is 1.19 bits per heavy atom. The molecule has 0 radical (unpaired) electrons. The van der Waals surface area contributed by atoms with Gasteiger partial charge in [-0.25, -0.2) is 0 Å². The van der Waals surface area contributed by atoms with Gasteiger partial charge in [-0.15, -0.1) is 0 Å². The summed E-state index contributed by atoms with van der Waals surface area (Å²) in [6, 6.07) is 8.99. The Kier molecular flexibility index (Phi) is 7.64. The van der Waals surface area contributed by atoms with Crippen LogP contribution in [0.15, 0.2) is 30.3 Å². The van der Waals surface area contributed by atoms with Crippen molar-refractivity contribution >= 4 is 11.7 Å². The molecule has 3 N–H and O–H groups in total. The summed E-state index contributed by atoms with van der Waals surface area (Å²) in [5, 5.41) is 20.7. The number of carbonyl (C=O) groups is 2. The highest BCUT2D eigenvalue weighted by Gasteiger charge is 2.24. The molecule has 0 heterocycles. The molecular formula is C16H23NO4. The minimum atomic E-state index is -1.03. The first-order chi connectivity index (χ1) is 10.0. The van der Waals surface area contributed by atoms with Crippen LogP contribution in [0.3, 0.4) is 0 Å². The first-order valence-corrected chi connectivity index (χ1v) is 7.19. The van der Waals surface area contributed by atoms with Crippen LogP contribution in [0.1, 0.15) is 31.7 Å². The number of carbonyl (C=O) groups excluding carboxylic acids is 2. The number of aryl methyl sites for hydroxylation is 1. The van der Waals surface area contributed by atoms with Crippen molar-refractivity contribution in [2.75, 3.05) is 6.61 Å². The lowest BCUT2D eigenvalue weighted by molar-refractivity contribution is -0.131. The molecule has 0 saturated carbocycles. The number of unbranched alkanes of at least 4 members (excludes halogenated alkanes) is 1. The maximum atomic E-state index is 11.7. The third-order valence-corrected chi connectivity index (χ3v) is 3.26. The van der Waals surface area contributed by atoms with Crippen molar-refractivity contribution in [3.8, 4) is 0 Å². The Balaban J connectivity index is 2.28. The average molecular weight is 293 g/mol. The fourth-order valence-electron chi connectivity index (χ4n) is 2.07. The highest BCUT2D eigenvalue weighted by molar-refractivity contribution is 5.90. The number of benzene rings is 1. The van der Waals surface area contributed by atoms with E-state index in [2.05, 4.69) is 5.32 Å². The Morgan fingerprint density at radius 2 is 1.86 bits per heavy atom. The number of aliphatic hydroxyl groups is 2. The zero-order chi connectivity index (χ0) is 15.7. The molecule has 0 aromatic heterocycles. The fraction of sp³-hybridized carbons (Fsp3) is 0.500. The largest absolute Gasteiger partial charge is 0.391 e. The van der Waals surface area contributed by atoms with Crippen LogP contribution in [-0.2, 0) is 16.0 Å². The van der Waals surface area contributed by atoms with E-state index < -0.39 is 24.5 Å². The molecule has 1 amide bonds. The zero-order valence-corrected chi connectivity index (χ0v) is 12.3. The summed E-state index contributed by atoms with van der Waals surface area (Å²) in [5.74, 6) is -0.863. The predicted octanol–water partition coefficient (Wildman–Crippen LogP) is 0.826. The number of ketones is 1. The van der Waals surface area contributed by atoms with Crippen LogP contribution in [-0.4, -0.2) is 40.7 Å². The van der Waals surface area contributed by atoms with Crippen LogP contribution in [0.2, 0.25) is 0 Å². The summed E-state index contributed by atoms with van der Waals surface area (Å²) in [5.41, 5.74) is 1.23. The van der Waals surface area contributed by atoms with E-state index in [1.807, 2.05) is 30.3 Å². The molecule has 5 heteroatoms. The maximum Gasteiger partial charge on any atom is 0.220 e. The van der Waals surface area contributed by atoms with Gasteiger partial charge in [0.1, 0.15) is 12.6 Å². The third-order valence-electron chi connectivity index (χ3n) is 3.26. The normalized spacial score (nSPS) is 13.5. The molecule has 1 aromatic carbocycles. The first-order valence-electron chi connectivity index (χ1n) is 7.19. The fourth-order valence-corrected chi connectivity index (χ4v) is 2.07. The van der Waals surface area contributed by atoms with E-state index in [4.69, 9.17) is 5.11 Å². The summed E-state index contributed by atoms with van der Waals surface area (Å²) < 4.78 is 0. The summed E-state index contributed by atoms with van der Waals surface area (Å²) in [6.45, 7) is 0.720. The summed E-state index contributed by atoms with van der Waals surface area (Å²) in [6.07, 6.45) is 1.78. The molecular weight excluding hydrogens is 270 g/mol. The molecule has 5 nitrogen and oxygen atoms in total. The minimum Gasteiger partial charge on any atom is -0.391 e.